The van der Waals surface area contributed by atoms with E-state index in [0.29, 0.717) is 19.1 Å². The van der Waals surface area contributed by atoms with Gasteiger partial charge in [-0.15, -0.1) is 0 Å². The molecular formula is C21H25NO2. The molecule has 3 nitrogen and oxygen atoms in total. The number of rotatable bonds is 7. The molecule has 0 spiro atoms. The Morgan fingerprint density at radius 2 is 1.83 bits per heavy atom. The van der Waals surface area contributed by atoms with Gasteiger partial charge in [-0.1, -0.05) is 61.9 Å². The van der Waals surface area contributed by atoms with E-state index in [1.165, 1.54) is 11.1 Å². The first kappa shape index (κ1) is 17.8. The minimum atomic E-state index is -0.115. The van der Waals surface area contributed by atoms with Gasteiger partial charge in [0.05, 0.1) is 6.54 Å². The van der Waals surface area contributed by atoms with Crippen LogP contribution in [-0.2, 0) is 4.79 Å². The maximum Gasteiger partial charge on any atom is 0.244 e. The number of hydrogen-bond acceptors (Lipinski definition) is 2. The predicted molar refractivity (Wildman–Crippen MR) is 99.2 cm³/mol. The standard InChI is InChI=1S/C21H25NO2/c1-16(2)19-6-4-5-7-20(19)24-15-14-22-21(23)13-12-18-10-8-17(3)9-11-18/h4-13,16H,14-15H2,1-3H3,(H,22,23)/b13-12+. The van der Waals surface area contributed by atoms with Gasteiger partial charge in [-0.25, -0.2) is 0 Å². The van der Waals surface area contributed by atoms with Gasteiger partial charge in [0.15, 0.2) is 0 Å². The van der Waals surface area contributed by atoms with Crippen LogP contribution in [0.4, 0.5) is 0 Å². The fourth-order valence-electron chi connectivity index (χ4n) is 2.33. The van der Waals surface area contributed by atoms with Crippen LogP contribution in [-0.4, -0.2) is 19.1 Å². The molecule has 0 aliphatic rings. The van der Waals surface area contributed by atoms with Crippen LogP contribution >= 0.6 is 0 Å². The minimum Gasteiger partial charge on any atom is -0.491 e. The van der Waals surface area contributed by atoms with Gasteiger partial charge in [0.2, 0.25) is 5.91 Å². The van der Waals surface area contributed by atoms with E-state index in [1.807, 2.05) is 55.5 Å². The molecule has 1 amide bonds. The van der Waals surface area contributed by atoms with Gasteiger partial charge in [0.25, 0.3) is 0 Å². The first-order valence-electron chi connectivity index (χ1n) is 8.30. The number of ether oxygens (including phenoxy) is 1. The Bertz CT molecular complexity index is 687. The Morgan fingerprint density at radius 3 is 2.54 bits per heavy atom. The lowest BCUT2D eigenvalue weighted by Gasteiger charge is -2.13. The van der Waals surface area contributed by atoms with Crippen molar-refractivity contribution in [3.8, 4) is 5.75 Å². The van der Waals surface area contributed by atoms with Crippen molar-refractivity contribution in [2.45, 2.75) is 26.7 Å². The molecule has 0 aromatic heterocycles. The molecule has 0 radical (unpaired) electrons. The molecule has 0 aliphatic carbocycles. The molecule has 126 valence electrons. The summed E-state index contributed by atoms with van der Waals surface area (Å²) in [5.74, 6) is 1.18. The van der Waals surface area contributed by atoms with Gasteiger partial charge < -0.3 is 10.1 Å². The Kier molecular flexibility index (Phi) is 6.62. The molecule has 3 heteroatoms. The predicted octanol–water partition coefficient (Wildman–Crippen LogP) is 4.33. The van der Waals surface area contributed by atoms with Gasteiger partial charge in [-0.3, -0.25) is 4.79 Å². The summed E-state index contributed by atoms with van der Waals surface area (Å²) in [6.45, 7) is 7.24. The van der Waals surface area contributed by atoms with Crippen molar-refractivity contribution in [1.29, 1.82) is 0 Å². The molecule has 1 N–H and O–H groups in total. The molecule has 0 saturated heterocycles. The van der Waals surface area contributed by atoms with Crippen LogP contribution in [0, 0.1) is 6.92 Å². The molecular weight excluding hydrogens is 298 g/mol. The van der Waals surface area contributed by atoms with E-state index in [4.69, 9.17) is 4.74 Å². The summed E-state index contributed by atoms with van der Waals surface area (Å²) in [6, 6.07) is 16.0. The lowest BCUT2D eigenvalue weighted by Crippen LogP contribution is -2.26. The summed E-state index contributed by atoms with van der Waals surface area (Å²) >= 11 is 0. The molecule has 0 unspecified atom stereocenters. The number of para-hydroxylation sites is 1. The van der Waals surface area contributed by atoms with E-state index in [1.54, 1.807) is 6.08 Å². The number of hydrogen-bond donors (Lipinski definition) is 1. The molecule has 0 atom stereocenters. The van der Waals surface area contributed by atoms with Crippen LogP contribution in [0.2, 0.25) is 0 Å². The third-order valence-electron chi connectivity index (χ3n) is 3.70. The minimum absolute atomic E-state index is 0.115. The highest BCUT2D eigenvalue weighted by molar-refractivity contribution is 5.91. The quantitative estimate of drug-likeness (QED) is 0.608. The highest BCUT2D eigenvalue weighted by atomic mass is 16.5. The normalized spacial score (nSPS) is 11.0. The van der Waals surface area contributed by atoms with Crippen LogP contribution in [0.5, 0.6) is 5.75 Å². The Labute approximate surface area is 144 Å². The molecule has 2 aromatic carbocycles. The lowest BCUT2D eigenvalue weighted by atomic mass is 10.0. The molecule has 0 bridgehead atoms. The summed E-state index contributed by atoms with van der Waals surface area (Å²) in [5.41, 5.74) is 3.40. The van der Waals surface area contributed by atoms with Crippen molar-refractivity contribution >= 4 is 12.0 Å². The first-order chi connectivity index (χ1) is 11.6. The van der Waals surface area contributed by atoms with Crippen molar-refractivity contribution < 1.29 is 9.53 Å². The van der Waals surface area contributed by atoms with E-state index in [2.05, 4.69) is 25.2 Å². The highest BCUT2D eigenvalue weighted by Gasteiger charge is 2.06. The van der Waals surface area contributed by atoms with Gasteiger partial charge in [0, 0.05) is 6.08 Å². The zero-order chi connectivity index (χ0) is 17.4. The summed E-state index contributed by atoms with van der Waals surface area (Å²) in [5, 5.41) is 2.83. The molecule has 0 aliphatic heterocycles. The average Bonchev–Trinajstić information content (AvgIpc) is 2.58. The third-order valence-corrected chi connectivity index (χ3v) is 3.70. The largest absolute Gasteiger partial charge is 0.491 e. The van der Waals surface area contributed by atoms with E-state index >= 15 is 0 Å². The van der Waals surface area contributed by atoms with Crippen LogP contribution in [0.25, 0.3) is 6.08 Å². The van der Waals surface area contributed by atoms with Crippen molar-refractivity contribution in [3.05, 3.63) is 71.3 Å². The smallest absolute Gasteiger partial charge is 0.244 e. The molecule has 2 aromatic rings. The van der Waals surface area contributed by atoms with E-state index < -0.39 is 0 Å². The van der Waals surface area contributed by atoms with E-state index in [0.717, 1.165) is 11.3 Å². The van der Waals surface area contributed by atoms with Gasteiger partial charge in [-0.2, -0.15) is 0 Å². The maximum atomic E-state index is 11.8. The van der Waals surface area contributed by atoms with E-state index in [9.17, 15) is 4.79 Å². The number of nitrogens with one attached hydrogen (secondary N) is 1. The van der Waals surface area contributed by atoms with Crippen LogP contribution in [0.15, 0.2) is 54.6 Å². The second-order valence-corrected chi connectivity index (χ2v) is 6.08. The van der Waals surface area contributed by atoms with Crippen LogP contribution in [0.1, 0.15) is 36.5 Å². The fraction of sp³-hybridized carbons (Fsp3) is 0.286. The monoisotopic (exact) mass is 323 g/mol. The van der Waals surface area contributed by atoms with Crippen LogP contribution in [0.3, 0.4) is 0 Å². The second-order valence-electron chi connectivity index (χ2n) is 6.08. The number of benzene rings is 2. The summed E-state index contributed by atoms with van der Waals surface area (Å²) in [7, 11) is 0. The molecule has 2 rings (SSSR count). The third kappa shape index (κ3) is 5.58. The van der Waals surface area contributed by atoms with Crippen molar-refractivity contribution in [2.75, 3.05) is 13.2 Å². The summed E-state index contributed by atoms with van der Waals surface area (Å²) < 4.78 is 5.79. The Morgan fingerprint density at radius 1 is 1.12 bits per heavy atom. The molecule has 0 heterocycles. The summed E-state index contributed by atoms with van der Waals surface area (Å²) in [6.07, 6.45) is 3.36. The summed E-state index contributed by atoms with van der Waals surface area (Å²) in [4.78, 5) is 11.8. The number of carbonyl (C=O) groups excluding carboxylic acids is 1. The number of amides is 1. The van der Waals surface area contributed by atoms with Crippen molar-refractivity contribution in [1.82, 2.24) is 5.32 Å². The SMILES string of the molecule is Cc1ccc(/C=C/C(=O)NCCOc2ccccc2C(C)C)cc1. The van der Waals surface area contributed by atoms with Crippen LogP contribution < -0.4 is 10.1 Å². The number of aryl methyl sites for hydroxylation is 1. The highest BCUT2D eigenvalue weighted by Crippen LogP contribution is 2.25. The maximum absolute atomic E-state index is 11.8. The van der Waals surface area contributed by atoms with Crippen molar-refractivity contribution in [2.24, 2.45) is 0 Å². The molecule has 0 fully saturated rings. The van der Waals surface area contributed by atoms with Gasteiger partial charge in [-0.05, 0) is 36.1 Å². The zero-order valence-electron chi connectivity index (χ0n) is 14.6. The van der Waals surface area contributed by atoms with Gasteiger partial charge in [0.1, 0.15) is 12.4 Å². The zero-order valence-corrected chi connectivity index (χ0v) is 14.6. The average molecular weight is 323 g/mol. The Hall–Kier alpha value is -2.55. The van der Waals surface area contributed by atoms with Gasteiger partial charge >= 0.3 is 0 Å². The first-order valence-corrected chi connectivity index (χ1v) is 8.30. The van der Waals surface area contributed by atoms with E-state index in [-0.39, 0.29) is 5.91 Å². The molecule has 24 heavy (non-hydrogen) atoms. The number of carbonyl (C=O) groups is 1. The second kappa shape index (κ2) is 8.92. The lowest BCUT2D eigenvalue weighted by molar-refractivity contribution is -0.116. The topological polar surface area (TPSA) is 38.3 Å². The van der Waals surface area contributed by atoms with Crippen molar-refractivity contribution in [3.63, 3.8) is 0 Å². The molecule has 0 saturated carbocycles. The fourth-order valence-corrected chi connectivity index (χ4v) is 2.33. The Balaban J connectivity index is 1.76.